The van der Waals surface area contributed by atoms with Gasteiger partial charge in [-0.25, -0.2) is 9.97 Å². The second-order valence-electron chi connectivity index (χ2n) is 6.57. The number of amides is 1. The molecule has 1 atom stereocenters. The van der Waals surface area contributed by atoms with E-state index < -0.39 is 0 Å². The molecule has 0 saturated carbocycles. The Morgan fingerprint density at radius 1 is 1.20 bits per heavy atom. The largest absolute Gasteiger partial charge is 0.481 e. The SMILES string of the molecule is COc1ncnc2c1CN([C@@H](C)C(=O)N1CCc3ccccc31)CC2. The summed E-state index contributed by atoms with van der Waals surface area (Å²) in [5.74, 6) is 0.769. The van der Waals surface area contributed by atoms with E-state index in [0.717, 1.165) is 42.9 Å². The van der Waals surface area contributed by atoms with Gasteiger partial charge in [-0.2, -0.15) is 0 Å². The summed E-state index contributed by atoms with van der Waals surface area (Å²) in [4.78, 5) is 25.8. The number of fused-ring (bicyclic) bond motifs is 2. The number of nitrogens with zero attached hydrogens (tertiary/aromatic N) is 4. The molecule has 0 unspecified atom stereocenters. The van der Waals surface area contributed by atoms with Crippen LogP contribution in [-0.2, 0) is 24.2 Å². The van der Waals surface area contributed by atoms with E-state index in [4.69, 9.17) is 4.74 Å². The Hall–Kier alpha value is -2.47. The predicted octanol–water partition coefficient (Wildman–Crippen LogP) is 1.82. The minimum Gasteiger partial charge on any atom is -0.481 e. The van der Waals surface area contributed by atoms with E-state index in [1.54, 1.807) is 13.4 Å². The molecule has 2 aliphatic heterocycles. The minimum atomic E-state index is -0.191. The zero-order valence-corrected chi connectivity index (χ0v) is 14.6. The van der Waals surface area contributed by atoms with Crippen LogP contribution in [0.3, 0.4) is 0 Å². The molecule has 1 amide bonds. The Morgan fingerprint density at radius 3 is 2.88 bits per heavy atom. The van der Waals surface area contributed by atoms with Crippen LogP contribution in [0.5, 0.6) is 5.88 Å². The molecule has 0 fully saturated rings. The van der Waals surface area contributed by atoms with Gasteiger partial charge in [-0.3, -0.25) is 9.69 Å². The molecule has 2 aromatic rings. The monoisotopic (exact) mass is 338 g/mol. The van der Waals surface area contributed by atoms with Gasteiger partial charge >= 0.3 is 0 Å². The van der Waals surface area contributed by atoms with Gasteiger partial charge < -0.3 is 9.64 Å². The molecule has 2 aliphatic rings. The van der Waals surface area contributed by atoms with Gasteiger partial charge in [0.25, 0.3) is 0 Å². The van der Waals surface area contributed by atoms with E-state index in [-0.39, 0.29) is 11.9 Å². The van der Waals surface area contributed by atoms with Crippen LogP contribution in [-0.4, -0.2) is 47.0 Å². The van der Waals surface area contributed by atoms with Gasteiger partial charge in [-0.05, 0) is 25.0 Å². The molecule has 0 saturated heterocycles. The van der Waals surface area contributed by atoms with Crippen molar-refractivity contribution in [2.75, 3.05) is 25.1 Å². The number of aromatic nitrogens is 2. The van der Waals surface area contributed by atoms with E-state index in [1.165, 1.54) is 5.56 Å². The molecule has 0 aliphatic carbocycles. The molecule has 25 heavy (non-hydrogen) atoms. The second kappa shape index (κ2) is 6.44. The van der Waals surface area contributed by atoms with Gasteiger partial charge in [0.2, 0.25) is 11.8 Å². The Bertz CT molecular complexity index is 794. The van der Waals surface area contributed by atoms with Crippen LogP contribution in [0.2, 0.25) is 0 Å². The molecule has 0 bridgehead atoms. The third-order valence-electron chi connectivity index (χ3n) is 5.24. The highest BCUT2D eigenvalue weighted by atomic mass is 16.5. The Labute approximate surface area is 147 Å². The van der Waals surface area contributed by atoms with E-state index >= 15 is 0 Å². The Morgan fingerprint density at radius 2 is 2.04 bits per heavy atom. The highest BCUT2D eigenvalue weighted by Crippen LogP contribution is 2.30. The van der Waals surface area contributed by atoms with Gasteiger partial charge in [-0.1, -0.05) is 18.2 Å². The van der Waals surface area contributed by atoms with Crippen LogP contribution < -0.4 is 9.64 Å². The molecule has 0 spiro atoms. The lowest BCUT2D eigenvalue weighted by molar-refractivity contribution is -0.123. The van der Waals surface area contributed by atoms with Crippen molar-refractivity contribution in [1.82, 2.24) is 14.9 Å². The fourth-order valence-electron chi connectivity index (χ4n) is 3.79. The molecular weight excluding hydrogens is 316 g/mol. The van der Waals surface area contributed by atoms with Crippen molar-refractivity contribution in [2.24, 2.45) is 0 Å². The third kappa shape index (κ3) is 2.76. The summed E-state index contributed by atoms with van der Waals surface area (Å²) in [6, 6.07) is 7.98. The molecule has 0 N–H and O–H groups in total. The van der Waals surface area contributed by atoms with E-state index in [2.05, 4.69) is 20.9 Å². The normalized spacial score (nSPS) is 17.8. The average molecular weight is 338 g/mol. The van der Waals surface area contributed by atoms with Gasteiger partial charge in [-0.15, -0.1) is 0 Å². The van der Waals surface area contributed by atoms with E-state index in [0.29, 0.717) is 12.4 Å². The smallest absolute Gasteiger partial charge is 0.244 e. The minimum absolute atomic E-state index is 0.157. The maximum atomic E-state index is 13.1. The van der Waals surface area contributed by atoms with Crippen molar-refractivity contribution in [2.45, 2.75) is 32.4 Å². The summed E-state index contributed by atoms with van der Waals surface area (Å²) in [7, 11) is 1.62. The zero-order chi connectivity index (χ0) is 17.4. The molecule has 130 valence electrons. The van der Waals surface area contributed by atoms with Gasteiger partial charge in [0.15, 0.2) is 0 Å². The van der Waals surface area contributed by atoms with Crippen LogP contribution >= 0.6 is 0 Å². The summed E-state index contributed by atoms with van der Waals surface area (Å²) >= 11 is 0. The fourth-order valence-corrected chi connectivity index (χ4v) is 3.79. The van der Waals surface area contributed by atoms with Crippen molar-refractivity contribution in [3.8, 4) is 5.88 Å². The molecule has 1 aromatic heterocycles. The van der Waals surface area contributed by atoms with Crippen molar-refractivity contribution in [3.63, 3.8) is 0 Å². The highest BCUT2D eigenvalue weighted by molar-refractivity contribution is 5.98. The van der Waals surface area contributed by atoms with Gasteiger partial charge in [0, 0.05) is 37.3 Å². The van der Waals surface area contributed by atoms with Crippen LogP contribution in [0.25, 0.3) is 0 Å². The maximum absolute atomic E-state index is 13.1. The number of anilines is 1. The molecule has 3 heterocycles. The number of para-hydroxylation sites is 1. The van der Waals surface area contributed by atoms with Crippen molar-refractivity contribution in [1.29, 1.82) is 0 Å². The number of benzene rings is 1. The van der Waals surface area contributed by atoms with Crippen LogP contribution in [0, 0.1) is 0 Å². The van der Waals surface area contributed by atoms with Crippen molar-refractivity contribution >= 4 is 11.6 Å². The van der Waals surface area contributed by atoms with E-state index in [1.807, 2.05) is 30.0 Å². The number of methoxy groups -OCH3 is 1. The lowest BCUT2D eigenvalue weighted by Gasteiger charge is -2.34. The number of rotatable bonds is 3. The van der Waals surface area contributed by atoms with Gasteiger partial charge in [0.1, 0.15) is 6.33 Å². The average Bonchev–Trinajstić information content (AvgIpc) is 3.10. The van der Waals surface area contributed by atoms with Crippen LogP contribution in [0.4, 0.5) is 5.69 Å². The first-order valence-corrected chi connectivity index (χ1v) is 8.69. The summed E-state index contributed by atoms with van der Waals surface area (Å²) in [5.41, 5.74) is 4.33. The molecule has 0 radical (unpaired) electrons. The number of hydrogen-bond donors (Lipinski definition) is 0. The molecular formula is C19H22N4O2. The van der Waals surface area contributed by atoms with Crippen LogP contribution in [0.1, 0.15) is 23.7 Å². The number of ether oxygens (including phenoxy) is 1. The fraction of sp³-hybridized carbons (Fsp3) is 0.421. The van der Waals surface area contributed by atoms with Crippen LogP contribution in [0.15, 0.2) is 30.6 Å². The zero-order valence-electron chi connectivity index (χ0n) is 14.6. The lowest BCUT2D eigenvalue weighted by Crippen LogP contribution is -2.48. The second-order valence-corrected chi connectivity index (χ2v) is 6.57. The molecule has 6 nitrogen and oxygen atoms in total. The summed E-state index contributed by atoms with van der Waals surface area (Å²) in [6.07, 6.45) is 3.28. The first-order chi connectivity index (χ1) is 12.2. The highest BCUT2D eigenvalue weighted by Gasteiger charge is 2.33. The first-order valence-electron chi connectivity index (χ1n) is 8.69. The Balaban J connectivity index is 1.54. The first kappa shape index (κ1) is 16.0. The topological polar surface area (TPSA) is 58.6 Å². The Kier molecular flexibility index (Phi) is 4.13. The third-order valence-corrected chi connectivity index (χ3v) is 5.24. The van der Waals surface area contributed by atoms with E-state index in [9.17, 15) is 4.79 Å². The van der Waals surface area contributed by atoms with Crippen molar-refractivity contribution < 1.29 is 9.53 Å². The number of carbonyl (C=O) groups is 1. The number of hydrogen-bond acceptors (Lipinski definition) is 5. The summed E-state index contributed by atoms with van der Waals surface area (Å²) < 4.78 is 5.37. The maximum Gasteiger partial charge on any atom is 0.244 e. The molecule has 4 rings (SSSR count). The molecule has 1 aromatic carbocycles. The summed E-state index contributed by atoms with van der Waals surface area (Å²) in [6.45, 7) is 4.21. The quantitative estimate of drug-likeness (QED) is 0.854. The predicted molar refractivity (Wildman–Crippen MR) is 94.7 cm³/mol. The molecule has 6 heteroatoms. The van der Waals surface area contributed by atoms with Crippen molar-refractivity contribution in [3.05, 3.63) is 47.4 Å². The standard InChI is InChI=1S/C19H22N4O2/c1-13(19(24)23-10-7-14-5-3-4-6-17(14)23)22-9-8-16-15(11-22)18(25-2)21-12-20-16/h3-6,12-13H,7-11H2,1-2H3/t13-/m0/s1. The lowest BCUT2D eigenvalue weighted by atomic mass is 10.0. The van der Waals surface area contributed by atoms with Gasteiger partial charge in [0.05, 0.1) is 18.8 Å². The number of carbonyl (C=O) groups excluding carboxylic acids is 1. The summed E-state index contributed by atoms with van der Waals surface area (Å²) in [5, 5.41) is 0.